The van der Waals surface area contributed by atoms with E-state index in [1.54, 1.807) is 0 Å². The van der Waals surface area contributed by atoms with E-state index in [4.69, 9.17) is 11.6 Å². The van der Waals surface area contributed by atoms with Crippen LogP contribution in [0.15, 0.2) is 18.2 Å². The smallest absolute Gasteiger partial charge is 0.244 e. The van der Waals surface area contributed by atoms with Crippen molar-refractivity contribution < 1.29 is 9.18 Å². The van der Waals surface area contributed by atoms with Gasteiger partial charge in [-0.3, -0.25) is 4.79 Å². The second-order valence-corrected chi connectivity index (χ2v) is 4.91. The molecule has 5 heteroatoms. The van der Waals surface area contributed by atoms with Crippen molar-refractivity contribution in [2.75, 3.05) is 11.9 Å². The third-order valence-corrected chi connectivity index (χ3v) is 3.21. The van der Waals surface area contributed by atoms with Crippen molar-refractivity contribution in [1.82, 2.24) is 5.32 Å². The zero-order chi connectivity index (χ0) is 12.5. The molecule has 1 atom stereocenters. The fourth-order valence-electron chi connectivity index (χ4n) is 1.98. The first-order valence-corrected chi connectivity index (χ1v) is 5.90. The molecule has 1 amide bonds. The molecule has 1 aliphatic heterocycles. The van der Waals surface area contributed by atoms with Crippen molar-refractivity contribution >= 4 is 23.2 Å². The fraction of sp³-hybridized carbons (Fsp3) is 0.417. The number of carbonyl (C=O) groups excluding carboxylic acids is 1. The molecule has 17 heavy (non-hydrogen) atoms. The van der Waals surface area contributed by atoms with Crippen LogP contribution in [0.2, 0.25) is 5.02 Å². The molecule has 3 nitrogen and oxygen atoms in total. The first-order valence-electron chi connectivity index (χ1n) is 5.52. The molecule has 0 radical (unpaired) electrons. The van der Waals surface area contributed by atoms with Crippen LogP contribution in [0.4, 0.5) is 10.1 Å². The number of halogens is 2. The molecule has 1 aliphatic rings. The monoisotopic (exact) mass is 256 g/mol. The Hall–Kier alpha value is -1.13. The molecular formula is C12H14ClFN2O. The number of benzene rings is 1. The Bertz CT molecular complexity index is 424. The molecule has 0 bridgehead atoms. The number of hydrogen-bond donors (Lipinski definition) is 2. The molecule has 1 saturated heterocycles. The lowest BCUT2D eigenvalue weighted by molar-refractivity contribution is -0.121. The summed E-state index contributed by atoms with van der Waals surface area (Å²) in [7, 11) is 0. The SMILES string of the molecule is CC1(C(=O)Nc2cc(F)cc(Cl)c2)CCCN1. The van der Waals surface area contributed by atoms with Gasteiger partial charge in [-0.1, -0.05) is 11.6 Å². The van der Waals surface area contributed by atoms with Crippen LogP contribution in [0.5, 0.6) is 0 Å². The van der Waals surface area contributed by atoms with Gasteiger partial charge in [-0.05, 0) is 44.5 Å². The summed E-state index contributed by atoms with van der Waals surface area (Å²) < 4.78 is 13.1. The van der Waals surface area contributed by atoms with Crippen LogP contribution in [0, 0.1) is 5.82 Å². The fourth-order valence-corrected chi connectivity index (χ4v) is 2.21. The normalized spacial score (nSPS) is 23.7. The van der Waals surface area contributed by atoms with Crippen molar-refractivity contribution in [2.45, 2.75) is 25.3 Å². The minimum Gasteiger partial charge on any atom is -0.324 e. The van der Waals surface area contributed by atoms with Crippen LogP contribution in [-0.4, -0.2) is 18.0 Å². The highest BCUT2D eigenvalue weighted by Gasteiger charge is 2.35. The summed E-state index contributed by atoms with van der Waals surface area (Å²) in [5, 5.41) is 6.09. The minimum absolute atomic E-state index is 0.156. The van der Waals surface area contributed by atoms with Crippen molar-refractivity contribution in [1.29, 1.82) is 0 Å². The molecular weight excluding hydrogens is 243 g/mol. The van der Waals surface area contributed by atoms with Gasteiger partial charge in [0.05, 0.1) is 5.54 Å². The van der Waals surface area contributed by atoms with Gasteiger partial charge >= 0.3 is 0 Å². The van der Waals surface area contributed by atoms with E-state index in [9.17, 15) is 9.18 Å². The number of amides is 1. The summed E-state index contributed by atoms with van der Waals surface area (Å²) >= 11 is 5.72. The van der Waals surface area contributed by atoms with Gasteiger partial charge in [0.2, 0.25) is 5.91 Å². The van der Waals surface area contributed by atoms with E-state index >= 15 is 0 Å². The highest BCUT2D eigenvalue weighted by molar-refractivity contribution is 6.30. The zero-order valence-corrected chi connectivity index (χ0v) is 10.3. The van der Waals surface area contributed by atoms with Crippen LogP contribution in [0.25, 0.3) is 0 Å². The predicted molar refractivity (Wildman–Crippen MR) is 65.7 cm³/mol. The van der Waals surface area contributed by atoms with Gasteiger partial charge in [-0.25, -0.2) is 4.39 Å². The highest BCUT2D eigenvalue weighted by Crippen LogP contribution is 2.23. The number of hydrogen-bond acceptors (Lipinski definition) is 2. The molecule has 1 unspecified atom stereocenters. The average molecular weight is 257 g/mol. The summed E-state index contributed by atoms with van der Waals surface area (Å²) in [6.45, 7) is 2.67. The highest BCUT2D eigenvalue weighted by atomic mass is 35.5. The Morgan fingerprint density at radius 1 is 1.53 bits per heavy atom. The lowest BCUT2D eigenvalue weighted by Crippen LogP contribution is -2.47. The number of rotatable bonds is 2. The molecule has 0 aromatic heterocycles. The first kappa shape index (κ1) is 12.3. The molecule has 2 N–H and O–H groups in total. The largest absolute Gasteiger partial charge is 0.324 e. The molecule has 1 aromatic carbocycles. The van der Waals surface area contributed by atoms with E-state index < -0.39 is 11.4 Å². The van der Waals surface area contributed by atoms with Crippen molar-refractivity contribution in [2.24, 2.45) is 0 Å². The van der Waals surface area contributed by atoms with Crippen molar-refractivity contribution in [3.05, 3.63) is 29.0 Å². The molecule has 0 spiro atoms. The van der Waals surface area contributed by atoms with Gasteiger partial charge in [0, 0.05) is 10.7 Å². The summed E-state index contributed by atoms with van der Waals surface area (Å²) in [5.41, 5.74) is -0.186. The molecule has 1 fully saturated rings. The van der Waals surface area contributed by atoms with E-state index in [-0.39, 0.29) is 10.9 Å². The summed E-state index contributed by atoms with van der Waals surface area (Å²) in [4.78, 5) is 12.0. The van der Waals surface area contributed by atoms with Crippen LogP contribution >= 0.6 is 11.6 Å². The lowest BCUT2D eigenvalue weighted by Gasteiger charge is -2.23. The van der Waals surface area contributed by atoms with Crippen LogP contribution in [-0.2, 0) is 4.79 Å². The van der Waals surface area contributed by atoms with E-state index in [0.29, 0.717) is 5.69 Å². The maximum Gasteiger partial charge on any atom is 0.244 e. The average Bonchev–Trinajstić information content (AvgIpc) is 2.64. The van der Waals surface area contributed by atoms with Gasteiger partial charge in [-0.15, -0.1) is 0 Å². The maximum absolute atomic E-state index is 13.1. The summed E-state index contributed by atoms with van der Waals surface area (Å²) in [5.74, 6) is -0.617. The molecule has 1 aromatic rings. The molecule has 2 rings (SSSR count). The van der Waals surface area contributed by atoms with Crippen LogP contribution < -0.4 is 10.6 Å². The Kier molecular flexibility index (Phi) is 3.35. The first-order chi connectivity index (χ1) is 7.99. The van der Waals surface area contributed by atoms with Gasteiger partial charge in [-0.2, -0.15) is 0 Å². The van der Waals surface area contributed by atoms with Gasteiger partial charge in [0.25, 0.3) is 0 Å². The predicted octanol–water partition coefficient (Wildman–Crippen LogP) is 2.56. The Balaban J connectivity index is 2.12. The second kappa shape index (κ2) is 4.63. The zero-order valence-electron chi connectivity index (χ0n) is 9.52. The quantitative estimate of drug-likeness (QED) is 0.854. The standard InChI is InChI=1S/C12H14ClFN2O/c1-12(3-2-4-15-12)11(17)16-10-6-8(13)5-9(14)7-10/h5-7,15H,2-4H2,1H3,(H,16,17). The third-order valence-electron chi connectivity index (χ3n) is 2.99. The summed E-state index contributed by atoms with van der Waals surface area (Å²) in [6.07, 6.45) is 1.75. The number of nitrogens with one attached hydrogen (secondary N) is 2. The van der Waals surface area contributed by atoms with Crippen molar-refractivity contribution in [3.8, 4) is 0 Å². The van der Waals surface area contributed by atoms with Gasteiger partial charge < -0.3 is 10.6 Å². The molecule has 1 heterocycles. The van der Waals surface area contributed by atoms with Gasteiger partial charge in [0.15, 0.2) is 0 Å². The van der Waals surface area contributed by atoms with Crippen molar-refractivity contribution in [3.63, 3.8) is 0 Å². The number of anilines is 1. The van der Waals surface area contributed by atoms with E-state index in [2.05, 4.69) is 10.6 Å². The second-order valence-electron chi connectivity index (χ2n) is 4.47. The van der Waals surface area contributed by atoms with E-state index in [0.717, 1.165) is 19.4 Å². The molecule has 92 valence electrons. The van der Waals surface area contributed by atoms with E-state index in [1.165, 1.54) is 18.2 Å². The Labute approximate surface area is 104 Å². The Morgan fingerprint density at radius 2 is 2.29 bits per heavy atom. The van der Waals surface area contributed by atoms with Gasteiger partial charge in [0.1, 0.15) is 5.82 Å². The number of carbonyl (C=O) groups is 1. The molecule has 0 aliphatic carbocycles. The summed E-state index contributed by atoms with van der Waals surface area (Å²) in [6, 6.07) is 3.98. The van der Waals surface area contributed by atoms with Crippen LogP contribution in [0.1, 0.15) is 19.8 Å². The Morgan fingerprint density at radius 3 is 2.88 bits per heavy atom. The topological polar surface area (TPSA) is 41.1 Å². The third kappa shape index (κ3) is 2.76. The maximum atomic E-state index is 13.1. The minimum atomic E-state index is -0.571. The van der Waals surface area contributed by atoms with E-state index in [1.807, 2.05) is 6.92 Å². The van der Waals surface area contributed by atoms with Crippen LogP contribution in [0.3, 0.4) is 0 Å². The lowest BCUT2D eigenvalue weighted by atomic mass is 9.99. The molecule has 0 saturated carbocycles.